The van der Waals surface area contributed by atoms with Crippen molar-refractivity contribution in [3.05, 3.63) is 65.2 Å². The zero-order valence-corrected chi connectivity index (χ0v) is 19.0. The maximum Gasteiger partial charge on any atom is 0.387 e. The fraction of sp³-hybridized carbons (Fsp3) is 0.458. The molecule has 8 heteroatoms. The first-order valence-corrected chi connectivity index (χ1v) is 11.0. The van der Waals surface area contributed by atoms with Crippen LogP contribution < -0.4 is 15.4 Å². The van der Waals surface area contributed by atoms with Crippen LogP contribution in [0.1, 0.15) is 43.6 Å². The standard InChI is InChI=1S/C24H34F2N4O2/c1-4-27-24(28-15-18-8-7-9-19(14-18)17-30(5-2)6-3)29-16-22(31)20-10-12-21(13-11-20)32-23(25)26/h7-14,22-23,31H,4-6,15-17H2,1-3H3,(H2,27,28,29). The molecule has 0 amide bonds. The molecule has 2 rings (SSSR count). The highest BCUT2D eigenvalue weighted by Gasteiger charge is 2.10. The van der Waals surface area contributed by atoms with Crippen LogP contribution in [0.5, 0.6) is 5.75 Å². The fourth-order valence-corrected chi connectivity index (χ4v) is 3.23. The summed E-state index contributed by atoms with van der Waals surface area (Å²) in [5.41, 5.74) is 2.97. The van der Waals surface area contributed by atoms with Gasteiger partial charge < -0.3 is 20.5 Å². The molecule has 1 unspecified atom stereocenters. The average molecular weight is 449 g/mol. The normalized spacial score (nSPS) is 12.8. The van der Waals surface area contributed by atoms with E-state index in [9.17, 15) is 13.9 Å². The maximum absolute atomic E-state index is 12.3. The molecule has 0 saturated carbocycles. The van der Waals surface area contributed by atoms with Crippen LogP contribution in [0.2, 0.25) is 0 Å². The van der Waals surface area contributed by atoms with Crippen LogP contribution in [0.25, 0.3) is 0 Å². The Hall–Kier alpha value is -2.71. The van der Waals surface area contributed by atoms with Crippen molar-refractivity contribution < 1.29 is 18.6 Å². The van der Waals surface area contributed by atoms with Crippen molar-refractivity contribution in [1.29, 1.82) is 0 Å². The van der Waals surface area contributed by atoms with Gasteiger partial charge in [-0.1, -0.05) is 50.2 Å². The first-order valence-electron chi connectivity index (χ1n) is 11.0. The molecule has 3 N–H and O–H groups in total. The molecule has 176 valence electrons. The van der Waals surface area contributed by atoms with Crippen LogP contribution in [0, 0.1) is 0 Å². The topological polar surface area (TPSA) is 69.1 Å². The first-order chi connectivity index (χ1) is 15.4. The van der Waals surface area contributed by atoms with E-state index in [0.717, 1.165) is 25.2 Å². The second-order valence-electron chi connectivity index (χ2n) is 7.32. The van der Waals surface area contributed by atoms with Gasteiger partial charge in [0.2, 0.25) is 0 Å². The molecule has 0 spiro atoms. The number of benzene rings is 2. The van der Waals surface area contributed by atoms with Crippen molar-refractivity contribution in [2.45, 2.75) is 46.6 Å². The van der Waals surface area contributed by atoms with E-state index in [1.807, 2.05) is 6.92 Å². The number of aliphatic imine (C=N–C) groups is 1. The van der Waals surface area contributed by atoms with E-state index >= 15 is 0 Å². The third kappa shape index (κ3) is 8.80. The van der Waals surface area contributed by atoms with E-state index in [1.165, 1.54) is 17.7 Å². The van der Waals surface area contributed by atoms with Gasteiger partial charge in [0, 0.05) is 19.6 Å². The van der Waals surface area contributed by atoms with Gasteiger partial charge in [-0.3, -0.25) is 4.90 Å². The molecule has 2 aromatic carbocycles. The Morgan fingerprint density at radius 3 is 2.34 bits per heavy atom. The Balaban J connectivity index is 1.95. The van der Waals surface area contributed by atoms with E-state index in [1.54, 1.807) is 12.1 Å². The molecular formula is C24H34F2N4O2. The van der Waals surface area contributed by atoms with Crippen LogP contribution in [0.3, 0.4) is 0 Å². The Labute approximate surface area is 189 Å². The number of nitrogens with one attached hydrogen (secondary N) is 2. The number of aliphatic hydroxyl groups excluding tert-OH is 1. The van der Waals surface area contributed by atoms with Crippen molar-refractivity contribution >= 4 is 5.96 Å². The minimum Gasteiger partial charge on any atom is -0.435 e. The first kappa shape index (κ1) is 25.5. The molecule has 0 bridgehead atoms. The van der Waals surface area contributed by atoms with E-state index in [2.05, 4.69) is 63.4 Å². The molecule has 0 aliphatic rings. The van der Waals surface area contributed by atoms with Crippen LogP contribution in [-0.4, -0.2) is 48.8 Å². The minimum absolute atomic E-state index is 0.0574. The summed E-state index contributed by atoms with van der Waals surface area (Å²) in [5.74, 6) is 0.653. The molecule has 1 atom stereocenters. The van der Waals surface area contributed by atoms with Gasteiger partial charge in [-0.15, -0.1) is 0 Å². The molecule has 0 aromatic heterocycles. The van der Waals surface area contributed by atoms with Crippen molar-refractivity contribution in [3.63, 3.8) is 0 Å². The molecule has 0 radical (unpaired) electrons. The zero-order valence-electron chi connectivity index (χ0n) is 19.0. The third-order valence-corrected chi connectivity index (χ3v) is 5.01. The third-order valence-electron chi connectivity index (χ3n) is 5.01. The Morgan fingerprint density at radius 1 is 1.03 bits per heavy atom. The molecule has 0 fully saturated rings. The lowest BCUT2D eigenvalue weighted by Crippen LogP contribution is -2.39. The second-order valence-corrected chi connectivity index (χ2v) is 7.32. The molecule has 0 saturated heterocycles. The highest BCUT2D eigenvalue weighted by atomic mass is 19.3. The summed E-state index contributed by atoms with van der Waals surface area (Å²) in [4.78, 5) is 6.99. The monoisotopic (exact) mass is 448 g/mol. The number of rotatable bonds is 12. The van der Waals surface area contributed by atoms with Gasteiger partial charge in [0.25, 0.3) is 0 Å². The largest absolute Gasteiger partial charge is 0.435 e. The number of hydrogen-bond acceptors (Lipinski definition) is 4. The van der Waals surface area contributed by atoms with Gasteiger partial charge in [0.1, 0.15) is 5.75 Å². The summed E-state index contributed by atoms with van der Waals surface area (Å²) in [6, 6.07) is 14.4. The zero-order chi connectivity index (χ0) is 23.3. The minimum atomic E-state index is -2.87. The Kier molecular flexibility index (Phi) is 10.9. The van der Waals surface area contributed by atoms with E-state index in [4.69, 9.17) is 0 Å². The van der Waals surface area contributed by atoms with Crippen molar-refractivity contribution in [2.24, 2.45) is 4.99 Å². The average Bonchev–Trinajstić information content (AvgIpc) is 2.79. The van der Waals surface area contributed by atoms with Crippen molar-refractivity contribution in [2.75, 3.05) is 26.2 Å². The summed E-state index contributed by atoms with van der Waals surface area (Å²) < 4.78 is 28.9. The van der Waals surface area contributed by atoms with Crippen molar-refractivity contribution in [1.82, 2.24) is 15.5 Å². The van der Waals surface area contributed by atoms with E-state index in [0.29, 0.717) is 24.6 Å². The van der Waals surface area contributed by atoms with Gasteiger partial charge in [-0.05, 0) is 48.8 Å². The highest BCUT2D eigenvalue weighted by Crippen LogP contribution is 2.19. The number of guanidine groups is 1. The SMILES string of the molecule is CCNC(=NCc1cccc(CN(CC)CC)c1)NCC(O)c1ccc(OC(F)F)cc1. The van der Waals surface area contributed by atoms with Crippen LogP contribution in [0.4, 0.5) is 8.78 Å². The molecule has 0 aliphatic heterocycles. The van der Waals surface area contributed by atoms with Gasteiger partial charge in [0.15, 0.2) is 5.96 Å². The number of aliphatic hydroxyl groups is 1. The summed E-state index contributed by atoms with van der Waals surface area (Å²) in [6.45, 7) is 7.78. The molecule has 0 heterocycles. The number of hydrogen-bond donors (Lipinski definition) is 3. The summed E-state index contributed by atoms with van der Waals surface area (Å²) in [7, 11) is 0. The summed E-state index contributed by atoms with van der Waals surface area (Å²) in [5, 5.41) is 16.7. The van der Waals surface area contributed by atoms with Gasteiger partial charge in [-0.2, -0.15) is 8.78 Å². The number of alkyl halides is 2. The summed E-state index contributed by atoms with van der Waals surface area (Å²) >= 11 is 0. The maximum atomic E-state index is 12.3. The Bertz CT molecular complexity index is 827. The summed E-state index contributed by atoms with van der Waals surface area (Å²) in [6.07, 6.45) is -0.822. The van der Waals surface area contributed by atoms with E-state index in [-0.39, 0.29) is 12.3 Å². The van der Waals surface area contributed by atoms with E-state index < -0.39 is 12.7 Å². The predicted molar refractivity (Wildman–Crippen MR) is 124 cm³/mol. The fourth-order valence-electron chi connectivity index (χ4n) is 3.23. The predicted octanol–water partition coefficient (Wildman–Crippen LogP) is 3.92. The molecular weight excluding hydrogens is 414 g/mol. The lowest BCUT2D eigenvalue weighted by molar-refractivity contribution is -0.0498. The van der Waals surface area contributed by atoms with Gasteiger partial charge in [-0.25, -0.2) is 4.99 Å². The van der Waals surface area contributed by atoms with Crippen LogP contribution in [-0.2, 0) is 13.1 Å². The van der Waals surface area contributed by atoms with Crippen LogP contribution in [0.15, 0.2) is 53.5 Å². The lowest BCUT2D eigenvalue weighted by Gasteiger charge is -2.18. The number of ether oxygens (including phenoxy) is 1. The van der Waals surface area contributed by atoms with Gasteiger partial charge >= 0.3 is 6.61 Å². The smallest absolute Gasteiger partial charge is 0.387 e. The van der Waals surface area contributed by atoms with Crippen molar-refractivity contribution in [3.8, 4) is 5.75 Å². The highest BCUT2D eigenvalue weighted by molar-refractivity contribution is 5.79. The second kappa shape index (κ2) is 13.6. The Morgan fingerprint density at radius 2 is 1.72 bits per heavy atom. The molecule has 32 heavy (non-hydrogen) atoms. The number of nitrogens with zero attached hydrogens (tertiary/aromatic N) is 2. The quantitative estimate of drug-likeness (QED) is 0.339. The molecule has 6 nitrogen and oxygen atoms in total. The van der Waals surface area contributed by atoms with Crippen LogP contribution >= 0.6 is 0 Å². The molecule has 2 aromatic rings. The lowest BCUT2D eigenvalue weighted by atomic mass is 10.1. The number of halogens is 2. The van der Waals surface area contributed by atoms with Gasteiger partial charge in [0.05, 0.1) is 12.6 Å². The molecule has 0 aliphatic carbocycles.